The summed E-state index contributed by atoms with van der Waals surface area (Å²) in [5.41, 5.74) is 1.22. The van der Waals surface area contributed by atoms with E-state index in [4.69, 9.17) is 21.1 Å². The average Bonchev–Trinajstić information content (AvgIpc) is 3.47. The van der Waals surface area contributed by atoms with Gasteiger partial charge in [-0.15, -0.1) is 5.10 Å². The smallest absolute Gasteiger partial charge is 0.270 e. The second kappa shape index (κ2) is 8.50. The number of ether oxygens (including phenoxy) is 2. The number of rotatable bonds is 8. The Hall–Kier alpha value is -3.20. The summed E-state index contributed by atoms with van der Waals surface area (Å²) >= 11 is 6.09. The summed E-state index contributed by atoms with van der Waals surface area (Å²) in [5.74, 6) is 1.38. The molecule has 0 aliphatic heterocycles. The number of aryl methyl sites for hydroxylation is 2. The molecule has 0 spiro atoms. The topological polar surface area (TPSA) is 101 Å². The summed E-state index contributed by atoms with van der Waals surface area (Å²) in [6, 6.07) is 5.37. The molecule has 0 radical (unpaired) electrons. The number of hydrogen-bond acceptors (Lipinski definition) is 7. The van der Waals surface area contributed by atoms with Crippen molar-refractivity contribution in [3.05, 3.63) is 62.9 Å². The minimum Gasteiger partial charge on any atom is -0.495 e. The van der Waals surface area contributed by atoms with Crippen LogP contribution in [0.25, 0.3) is 0 Å². The summed E-state index contributed by atoms with van der Waals surface area (Å²) in [4.78, 5) is 29.4. The van der Waals surface area contributed by atoms with Gasteiger partial charge in [0.05, 0.1) is 31.7 Å². The molecule has 2 atom stereocenters. The molecule has 1 aliphatic rings. The maximum Gasteiger partial charge on any atom is 0.270 e. The minimum atomic E-state index is -0.354. The van der Waals surface area contributed by atoms with Crippen LogP contribution in [0.3, 0.4) is 0 Å². The lowest BCUT2D eigenvalue weighted by atomic mass is 10.1. The lowest BCUT2D eigenvalue weighted by Crippen LogP contribution is -2.26. The van der Waals surface area contributed by atoms with Crippen molar-refractivity contribution in [3.8, 4) is 11.6 Å². The van der Waals surface area contributed by atoms with Gasteiger partial charge in [0.25, 0.3) is 5.56 Å². The quantitative estimate of drug-likeness (QED) is 0.492. The molecule has 1 saturated carbocycles. The molecule has 3 aromatic rings. The molecule has 31 heavy (non-hydrogen) atoms. The molecule has 0 bridgehead atoms. The molecule has 1 aliphatic carbocycles. The van der Waals surface area contributed by atoms with Gasteiger partial charge in [-0.1, -0.05) is 11.6 Å². The molecule has 3 heterocycles. The lowest BCUT2D eigenvalue weighted by Gasteiger charge is -2.09. The average molecular weight is 444 g/mol. The fourth-order valence-electron chi connectivity index (χ4n) is 3.43. The minimum absolute atomic E-state index is 0.112. The van der Waals surface area contributed by atoms with Gasteiger partial charge >= 0.3 is 0 Å². The fourth-order valence-corrected chi connectivity index (χ4v) is 3.63. The van der Waals surface area contributed by atoms with Gasteiger partial charge in [0, 0.05) is 49.7 Å². The van der Waals surface area contributed by atoms with Crippen molar-refractivity contribution in [2.45, 2.75) is 18.8 Å². The predicted octanol–water partition coefficient (Wildman–Crippen LogP) is 2.18. The SMILES string of the molecule is COc1ccc([C@H]2C[C@@H]2COc2cc(CC(=O)c3cnn(C)c3Cl)c(=O)n(C)n2)nc1. The van der Waals surface area contributed by atoms with E-state index in [1.54, 1.807) is 20.4 Å². The number of ketones is 1. The van der Waals surface area contributed by atoms with Crippen LogP contribution in [0.2, 0.25) is 5.15 Å². The number of Topliss-reactive ketones (excluding diaryl/α,β-unsaturated/α-hetero) is 1. The zero-order valence-corrected chi connectivity index (χ0v) is 18.2. The molecule has 9 nitrogen and oxygen atoms in total. The molecule has 0 amide bonds. The second-order valence-electron chi connectivity index (χ2n) is 7.55. The first-order valence-corrected chi connectivity index (χ1v) is 10.2. The first-order valence-electron chi connectivity index (χ1n) is 9.78. The van der Waals surface area contributed by atoms with Crippen molar-refractivity contribution >= 4 is 17.4 Å². The molecule has 3 aromatic heterocycles. The van der Waals surface area contributed by atoms with E-state index in [1.807, 2.05) is 12.1 Å². The van der Waals surface area contributed by atoms with Gasteiger partial charge in [0.2, 0.25) is 5.88 Å². The van der Waals surface area contributed by atoms with Crippen LogP contribution in [0.15, 0.2) is 35.4 Å². The standard InChI is InChI=1S/C21H22ClN5O4/c1-26-20(22)16(10-24-26)18(28)7-12-8-19(25-27(2)21(12)29)31-11-13-6-15(13)17-5-4-14(30-3)9-23-17/h4-5,8-10,13,15H,6-7,11H2,1-3H3/t13-,15+/m1/s1. The van der Waals surface area contributed by atoms with E-state index in [0.29, 0.717) is 29.9 Å². The largest absolute Gasteiger partial charge is 0.495 e. The van der Waals surface area contributed by atoms with E-state index < -0.39 is 0 Å². The van der Waals surface area contributed by atoms with Crippen LogP contribution < -0.4 is 15.0 Å². The van der Waals surface area contributed by atoms with E-state index in [2.05, 4.69) is 15.2 Å². The predicted molar refractivity (Wildman–Crippen MR) is 113 cm³/mol. The van der Waals surface area contributed by atoms with Gasteiger partial charge in [0.15, 0.2) is 5.78 Å². The Bertz CT molecular complexity index is 1170. The van der Waals surface area contributed by atoms with Crippen LogP contribution >= 0.6 is 11.6 Å². The monoisotopic (exact) mass is 443 g/mol. The Morgan fingerprint density at radius 3 is 2.71 bits per heavy atom. The third-order valence-electron chi connectivity index (χ3n) is 5.38. The maximum atomic E-state index is 12.6. The number of aromatic nitrogens is 5. The molecular weight excluding hydrogens is 422 g/mol. The molecule has 1 fully saturated rings. The number of methoxy groups -OCH3 is 1. The zero-order valence-electron chi connectivity index (χ0n) is 17.4. The first kappa shape index (κ1) is 21.0. The molecule has 10 heteroatoms. The first-order chi connectivity index (χ1) is 14.9. The normalized spacial score (nSPS) is 17.4. The number of carbonyl (C=O) groups excluding carboxylic acids is 1. The highest BCUT2D eigenvalue weighted by molar-refractivity contribution is 6.33. The van der Waals surface area contributed by atoms with Crippen molar-refractivity contribution in [1.29, 1.82) is 0 Å². The maximum absolute atomic E-state index is 12.6. The molecule has 0 unspecified atom stereocenters. The summed E-state index contributed by atoms with van der Waals surface area (Å²) in [5, 5.41) is 8.35. The van der Waals surface area contributed by atoms with Crippen LogP contribution in [0.1, 0.15) is 34.0 Å². The lowest BCUT2D eigenvalue weighted by molar-refractivity contribution is 0.0992. The van der Waals surface area contributed by atoms with Gasteiger partial charge in [-0.05, 0) is 18.6 Å². The third kappa shape index (κ3) is 4.46. The van der Waals surface area contributed by atoms with Crippen molar-refractivity contribution in [3.63, 3.8) is 0 Å². The second-order valence-corrected chi connectivity index (χ2v) is 7.90. The molecular formula is C21H22ClN5O4. The Morgan fingerprint density at radius 2 is 2.06 bits per heavy atom. The summed E-state index contributed by atoms with van der Waals surface area (Å²) in [7, 11) is 4.78. The fraction of sp³-hybridized carbons (Fsp3) is 0.381. The number of carbonyl (C=O) groups is 1. The Labute approximate surface area is 183 Å². The number of pyridine rings is 1. The summed E-state index contributed by atoms with van der Waals surface area (Å²) in [6.07, 6.45) is 3.96. The van der Waals surface area contributed by atoms with E-state index >= 15 is 0 Å². The molecule has 162 valence electrons. The molecule has 4 rings (SSSR count). The Balaban J connectivity index is 1.41. The number of halogens is 1. The highest BCUT2D eigenvalue weighted by atomic mass is 35.5. The highest BCUT2D eigenvalue weighted by Gasteiger charge is 2.40. The van der Waals surface area contributed by atoms with Gasteiger partial charge in [-0.2, -0.15) is 5.10 Å². The molecule has 0 saturated heterocycles. The van der Waals surface area contributed by atoms with Gasteiger partial charge in [-0.25, -0.2) is 4.68 Å². The van der Waals surface area contributed by atoms with Crippen LogP contribution in [0.4, 0.5) is 0 Å². The molecule has 0 aromatic carbocycles. The van der Waals surface area contributed by atoms with E-state index in [0.717, 1.165) is 17.9 Å². The van der Waals surface area contributed by atoms with E-state index in [1.165, 1.54) is 28.7 Å². The van der Waals surface area contributed by atoms with Crippen LogP contribution in [0, 0.1) is 5.92 Å². The Kier molecular flexibility index (Phi) is 5.77. The van der Waals surface area contributed by atoms with Crippen LogP contribution in [-0.2, 0) is 20.5 Å². The number of hydrogen-bond donors (Lipinski definition) is 0. The van der Waals surface area contributed by atoms with Gasteiger partial charge < -0.3 is 9.47 Å². The summed E-state index contributed by atoms with van der Waals surface area (Å²) < 4.78 is 13.6. The van der Waals surface area contributed by atoms with Crippen molar-refractivity contribution < 1.29 is 14.3 Å². The Morgan fingerprint density at radius 1 is 1.26 bits per heavy atom. The van der Waals surface area contributed by atoms with Crippen molar-refractivity contribution in [1.82, 2.24) is 24.5 Å². The zero-order chi connectivity index (χ0) is 22.1. The third-order valence-corrected chi connectivity index (χ3v) is 5.82. The van der Waals surface area contributed by atoms with Gasteiger partial charge in [0.1, 0.15) is 10.9 Å². The van der Waals surface area contributed by atoms with Crippen molar-refractivity contribution in [2.24, 2.45) is 20.0 Å². The van der Waals surface area contributed by atoms with E-state index in [9.17, 15) is 9.59 Å². The van der Waals surface area contributed by atoms with Crippen LogP contribution in [-0.4, -0.2) is 44.0 Å². The van der Waals surface area contributed by atoms with Crippen LogP contribution in [0.5, 0.6) is 11.6 Å². The molecule has 0 N–H and O–H groups in total. The summed E-state index contributed by atoms with van der Waals surface area (Å²) in [6.45, 7) is 0.450. The van der Waals surface area contributed by atoms with Crippen molar-refractivity contribution in [2.75, 3.05) is 13.7 Å². The highest BCUT2D eigenvalue weighted by Crippen LogP contribution is 2.46. The number of nitrogens with zero attached hydrogens (tertiary/aromatic N) is 5. The van der Waals surface area contributed by atoms with E-state index in [-0.39, 0.29) is 28.5 Å². The van der Waals surface area contributed by atoms with Gasteiger partial charge in [-0.3, -0.25) is 19.3 Å².